The Hall–Kier alpha value is -1.69. The minimum absolute atomic E-state index is 0.00941. The smallest absolute Gasteiger partial charge is 0.410 e. The number of thiol groups is 1. The van der Waals surface area contributed by atoms with Crippen LogP contribution < -0.4 is 5.32 Å². The number of aryl methyl sites for hydroxylation is 1. The number of nitrogens with one attached hydrogen (secondary N) is 1. The van der Waals surface area contributed by atoms with Gasteiger partial charge in [-0.05, 0) is 32.8 Å². The lowest BCUT2D eigenvalue weighted by molar-refractivity contribution is -0.125. The number of ether oxygens (including phenoxy) is 1. The Labute approximate surface area is 142 Å². The van der Waals surface area contributed by atoms with Crippen LogP contribution in [-0.2, 0) is 16.1 Å². The average molecular weight is 336 g/mol. The van der Waals surface area contributed by atoms with Crippen LogP contribution in [0.5, 0.6) is 0 Å². The Kier molecular flexibility index (Phi) is 5.93. The molecule has 1 aliphatic heterocycles. The molecule has 0 saturated carbocycles. The van der Waals surface area contributed by atoms with E-state index in [4.69, 9.17) is 4.74 Å². The maximum atomic E-state index is 12.3. The number of likely N-dealkylation sites (tertiary alicyclic amines) is 1. The van der Waals surface area contributed by atoms with Crippen molar-refractivity contribution in [3.63, 3.8) is 0 Å². The fourth-order valence-corrected chi connectivity index (χ4v) is 2.93. The van der Waals surface area contributed by atoms with E-state index in [2.05, 4.69) is 17.9 Å². The van der Waals surface area contributed by atoms with Crippen LogP contribution in [0.1, 0.15) is 31.4 Å². The molecule has 0 bridgehead atoms. The Morgan fingerprint density at radius 2 is 2.00 bits per heavy atom. The van der Waals surface area contributed by atoms with Crippen LogP contribution in [0.4, 0.5) is 4.79 Å². The Bertz CT molecular complexity index is 559. The van der Waals surface area contributed by atoms with Crippen LogP contribution in [0.2, 0.25) is 0 Å². The lowest BCUT2D eigenvalue weighted by atomic mass is 10.2. The molecule has 2 rings (SSSR count). The second-order valence-corrected chi connectivity index (χ2v) is 6.99. The van der Waals surface area contributed by atoms with Crippen molar-refractivity contribution in [1.29, 1.82) is 0 Å². The van der Waals surface area contributed by atoms with Gasteiger partial charge in [-0.1, -0.05) is 29.8 Å². The van der Waals surface area contributed by atoms with Crippen molar-refractivity contribution in [3.05, 3.63) is 35.4 Å². The number of nitrogens with zero attached hydrogens (tertiary/aromatic N) is 1. The van der Waals surface area contributed by atoms with Crippen LogP contribution in [-0.4, -0.2) is 40.8 Å². The van der Waals surface area contributed by atoms with E-state index < -0.39 is 12.1 Å². The molecule has 1 aliphatic rings. The number of amides is 2. The summed E-state index contributed by atoms with van der Waals surface area (Å²) in [6.07, 6.45) is 0.0763. The van der Waals surface area contributed by atoms with Gasteiger partial charge in [0, 0.05) is 17.8 Å². The maximum Gasteiger partial charge on any atom is 0.410 e. The van der Waals surface area contributed by atoms with Crippen molar-refractivity contribution < 1.29 is 14.3 Å². The number of carbonyl (C=O) groups excluding carboxylic acids is 2. The van der Waals surface area contributed by atoms with Gasteiger partial charge in [0.05, 0.1) is 0 Å². The molecule has 1 heterocycles. The van der Waals surface area contributed by atoms with Gasteiger partial charge in [0.15, 0.2) is 0 Å². The van der Waals surface area contributed by atoms with Gasteiger partial charge in [-0.15, -0.1) is 0 Å². The minimum Gasteiger partial charge on any atom is -0.445 e. The van der Waals surface area contributed by atoms with E-state index in [1.54, 1.807) is 0 Å². The molecule has 0 radical (unpaired) electrons. The lowest BCUT2D eigenvalue weighted by Gasteiger charge is -2.24. The monoisotopic (exact) mass is 336 g/mol. The molecular formula is C17H24N2O3S. The number of rotatable bonds is 4. The first kappa shape index (κ1) is 17.7. The van der Waals surface area contributed by atoms with Crippen LogP contribution in [0.3, 0.4) is 0 Å². The van der Waals surface area contributed by atoms with Gasteiger partial charge in [0.1, 0.15) is 12.6 Å². The first-order valence-electron chi connectivity index (χ1n) is 7.84. The van der Waals surface area contributed by atoms with E-state index in [1.165, 1.54) is 4.90 Å². The molecule has 2 amide bonds. The minimum atomic E-state index is -0.509. The zero-order chi connectivity index (χ0) is 17.0. The van der Waals surface area contributed by atoms with Crippen molar-refractivity contribution in [3.8, 4) is 0 Å². The van der Waals surface area contributed by atoms with Gasteiger partial charge < -0.3 is 10.1 Å². The number of carbonyl (C=O) groups is 2. The summed E-state index contributed by atoms with van der Waals surface area (Å²) in [5.74, 6) is -0.149. The van der Waals surface area contributed by atoms with Gasteiger partial charge >= 0.3 is 6.09 Å². The quantitative estimate of drug-likeness (QED) is 0.831. The summed E-state index contributed by atoms with van der Waals surface area (Å²) in [5, 5.41) is 2.84. The number of hydrogen-bond acceptors (Lipinski definition) is 4. The molecule has 6 heteroatoms. The van der Waals surface area contributed by atoms with E-state index in [9.17, 15) is 9.59 Å². The van der Waals surface area contributed by atoms with E-state index in [0.29, 0.717) is 13.0 Å². The Balaban J connectivity index is 1.95. The third-order valence-corrected chi connectivity index (χ3v) is 4.10. The van der Waals surface area contributed by atoms with E-state index in [-0.39, 0.29) is 23.8 Å². The summed E-state index contributed by atoms with van der Waals surface area (Å²) < 4.78 is 5.36. The van der Waals surface area contributed by atoms with E-state index >= 15 is 0 Å². The van der Waals surface area contributed by atoms with Gasteiger partial charge in [0.25, 0.3) is 0 Å². The maximum absolute atomic E-state index is 12.3. The zero-order valence-corrected chi connectivity index (χ0v) is 14.7. The molecule has 0 spiro atoms. The second kappa shape index (κ2) is 7.73. The van der Waals surface area contributed by atoms with Gasteiger partial charge in [-0.2, -0.15) is 12.6 Å². The third-order valence-electron chi connectivity index (χ3n) is 3.73. The van der Waals surface area contributed by atoms with Crippen molar-refractivity contribution in [2.45, 2.75) is 51.1 Å². The molecule has 1 saturated heterocycles. The third kappa shape index (κ3) is 4.89. The summed E-state index contributed by atoms with van der Waals surface area (Å²) in [4.78, 5) is 26.0. The highest BCUT2D eigenvalue weighted by atomic mass is 32.1. The van der Waals surface area contributed by atoms with Gasteiger partial charge in [-0.3, -0.25) is 9.69 Å². The molecule has 23 heavy (non-hydrogen) atoms. The number of benzene rings is 1. The number of hydrogen-bond donors (Lipinski definition) is 2. The summed E-state index contributed by atoms with van der Waals surface area (Å²) in [7, 11) is 0. The first-order chi connectivity index (χ1) is 10.9. The summed E-state index contributed by atoms with van der Waals surface area (Å²) in [6.45, 7) is 6.42. The predicted molar refractivity (Wildman–Crippen MR) is 92.5 cm³/mol. The standard InChI is InChI=1S/C17H24N2O3S/c1-11(2)18-16(20)15-8-14(23)9-19(15)17(21)22-10-13-6-4-12(3)5-7-13/h4-7,11,14-15,23H,8-10H2,1-3H3,(H,18,20)/t14-,15-/m0/s1. The van der Waals surface area contributed by atoms with Gasteiger partial charge in [-0.25, -0.2) is 4.79 Å². The largest absolute Gasteiger partial charge is 0.445 e. The molecule has 126 valence electrons. The van der Waals surface area contributed by atoms with Crippen molar-refractivity contribution >= 4 is 24.6 Å². The molecule has 1 aromatic rings. The van der Waals surface area contributed by atoms with Crippen molar-refractivity contribution in [2.75, 3.05) is 6.54 Å². The molecule has 1 fully saturated rings. The second-order valence-electron chi connectivity index (χ2n) is 6.26. The molecular weight excluding hydrogens is 312 g/mol. The van der Waals surface area contributed by atoms with Crippen LogP contribution in [0.25, 0.3) is 0 Å². The molecule has 2 atom stereocenters. The van der Waals surface area contributed by atoms with E-state index in [1.807, 2.05) is 45.0 Å². The topological polar surface area (TPSA) is 58.6 Å². The van der Waals surface area contributed by atoms with E-state index in [0.717, 1.165) is 11.1 Å². The summed E-state index contributed by atoms with van der Waals surface area (Å²) in [6, 6.07) is 7.33. The normalized spacial score (nSPS) is 20.7. The van der Waals surface area contributed by atoms with Crippen LogP contribution in [0.15, 0.2) is 24.3 Å². The molecule has 0 unspecified atom stereocenters. The lowest BCUT2D eigenvalue weighted by Crippen LogP contribution is -2.47. The Morgan fingerprint density at radius 3 is 2.61 bits per heavy atom. The molecule has 0 aliphatic carbocycles. The molecule has 1 N–H and O–H groups in total. The highest BCUT2D eigenvalue weighted by molar-refractivity contribution is 7.81. The molecule has 1 aromatic carbocycles. The van der Waals surface area contributed by atoms with Gasteiger partial charge in [0.2, 0.25) is 5.91 Å². The fourth-order valence-electron chi connectivity index (χ4n) is 2.56. The Morgan fingerprint density at radius 1 is 1.35 bits per heavy atom. The highest BCUT2D eigenvalue weighted by Gasteiger charge is 2.39. The van der Waals surface area contributed by atoms with Crippen LogP contribution in [0, 0.1) is 6.92 Å². The highest BCUT2D eigenvalue weighted by Crippen LogP contribution is 2.23. The first-order valence-corrected chi connectivity index (χ1v) is 8.36. The summed E-state index contributed by atoms with van der Waals surface area (Å²) >= 11 is 4.41. The average Bonchev–Trinajstić information content (AvgIpc) is 2.88. The fraction of sp³-hybridized carbons (Fsp3) is 0.529. The summed E-state index contributed by atoms with van der Waals surface area (Å²) in [5.41, 5.74) is 2.08. The molecule has 5 nitrogen and oxygen atoms in total. The van der Waals surface area contributed by atoms with Crippen molar-refractivity contribution in [1.82, 2.24) is 10.2 Å². The zero-order valence-electron chi connectivity index (χ0n) is 13.8. The predicted octanol–water partition coefficient (Wildman–Crippen LogP) is 2.53. The SMILES string of the molecule is Cc1ccc(COC(=O)N2C[C@@H](S)C[C@H]2C(=O)NC(C)C)cc1. The van der Waals surface area contributed by atoms with Crippen molar-refractivity contribution in [2.24, 2.45) is 0 Å². The molecule has 0 aromatic heterocycles. The van der Waals surface area contributed by atoms with Crippen LogP contribution >= 0.6 is 12.6 Å².